The second-order valence-corrected chi connectivity index (χ2v) is 7.86. The van der Waals surface area contributed by atoms with Gasteiger partial charge in [0.1, 0.15) is 0 Å². The number of carbonyl (C=O) groups is 1. The van der Waals surface area contributed by atoms with Gasteiger partial charge in [-0.05, 0) is 36.1 Å². The number of anilines is 1. The number of thioether (sulfide) groups is 1. The topological polar surface area (TPSA) is 41.1 Å². The van der Waals surface area contributed by atoms with Crippen molar-refractivity contribution in [1.82, 2.24) is 5.32 Å². The SMILES string of the molecule is CC1(C(=O)Nc2ccccc2-c2ccc(Br)cc2)NC(C(F)F)=CS1. The molecule has 1 unspecified atom stereocenters. The number of amides is 1. The fourth-order valence-electron chi connectivity index (χ4n) is 2.45. The van der Waals surface area contributed by atoms with E-state index in [0.717, 1.165) is 27.4 Å². The van der Waals surface area contributed by atoms with Crippen molar-refractivity contribution in [3.8, 4) is 11.1 Å². The van der Waals surface area contributed by atoms with Crippen LogP contribution in [-0.4, -0.2) is 17.2 Å². The molecule has 3 nitrogen and oxygen atoms in total. The summed E-state index contributed by atoms with van der Waals surface area (Å²) in [4.78, 5) is 11.5. The zero-order chi connectivity index (χ0) is 18.0. The van der Waals surface area contributed by atoms with Gasteiger partial charge in [-0.15, -0.1) is 0 Å². The molecule has 2 N–H and O–H groups in total. The third-order valence-electron chi connectivity index (χ3n) is 3.80. The fourth-order valence-corrected chi connectivity index (χ4v) is 3.57. The number of rotatable bonds is 4. The van der Waals surface area contributed by atoms with E-state index < -0.39 is 11.3 Å². The van der Waals surface area contributed by atoms with E-state index in [1.165, 1.54) is 5.41 Å². The van der Waals surface area contributed by atoms with Crippen LogP contribution in [0, 0.1) is 0 Å². The molecular weight excluding hydrogens is 410 g/mol. The van der Waals surface area contributed by atoms with Crippen LogP contribution in [0.4, 0.5) is 14.5 Å². The number of nitrogens with one attached hydrogen (secondary N) is 2. The molecule has 0 spiro atoms. The van der Waals surface area contributed by atoms with Gasteiger partial charge in [0.25, 0.3) is 12.3 Å². The van der Waals surface area contributed by atoms with Crippen molar-refractivity contribution in [2.75, 3.05) is 5.32 Å². The number of halogens is 3. The molecule has 2 aromatic carbocycles. The molecule has 0 saturated heterocycles. The van der Waals surface area contributed by atoms with Crippen molar-refractivity contribution in [3.05, 3.63) is 64.1 Å². The molecule has 7 heteroatoms. The van der Waals surface area contributed by atoms with Gasteiger partial charge in [-0.25, -0.2) is 8.78 Å². The van der Waals surface area contributed by atoms with E-state index >= 15 is 0 Å². The predicted molar refractivity (Wildman–Crippen MR) is 101 cm³/mol. The first kappa shape index (κ1) is 17.9. The molecule has 1 atom stereocenters. The van der Waals surface area contributed by atoms with Crippen LogP contribution < -0.4 is 10.6 Å². The third kappa shape index (κ3) is 3.88. The maximum atomic E-state index is 12.8. The summed E-state index contributed by atoms with van der Waals surface area (Å²) in [5, 5.41) is 6.76. The lowest BCUT2D eigenvalue weighted by Gasteiger charge is -2.25. The zero-order valence-electron chi connectivity index (χ0n) is 13.2. The average Bonchev–Trinajstić information content (AvgIpc) is 3.00. The van der Waals surface area contributed by atoms with Crippen LogP contribution in [0.25, 0.3) is 11.1 Å². The summed E-state index contributed by atoms with van der Waals surface area (Å²) >= 11 is 4.44. The van der Waals surface area contributed by atoms with E-state index in [1.54, 1.807) is 13.0 Å². The molecule has 3 rings (SSSR count). The van der Waals surface area contributed by atoms with Crippen LogP contribution in [0.15, 0.2) is 64.1 Å². The lowest BCUT2D eigenvalue weighted by atomic mass is 10.0. The Morgan fingerprint density at radius 1 is 1.20 bits per heavy atom. The minimum atomic E-state index is -2.63. The molecule has 0 aliphatic carbocycles. The van der Waals surface area contributed by atoms with E-state index in [1.807, 2.05) is 42.5 Å². The van der Waals surface area contributed by atoms with Crippen LogP contribution in [0.5, 0.6) is 0 Å². The number of alkyl halides is 2. The van der Waals surface area contributed by atoms with Gasteiger partial charge < -0.3 is 10.6 Å². The molecule has 0 fully saturated rings. The van der Waals surface area contributed by atoms with Gasteiger partial charge in [0.15, 0.2) is 4.87 Å². The normalized spacial score (nSPS) is 19.5. The second-order valence-electron chi connectivity index (χ2n) is 5.66. The summed E-state index contributed by atoms with van der Waals surface area (Å²) in [7, 11) is 0. The molecule has 0 saturated carbocycles. The predicted octanol–water partition coefficient (Wildman–Crippen LogP) is 5.21. The Morgan fingerprint density at radius 3 is 2.52 bits per heavy atom. The Labute approximate surface area is 157 Å². The quantitative estimate of drug-likeness (QED) is 0.707. The standard InChI is InChI=1S/C18H15BrF2N2OS/c1-18(23-15(10-25-18)16(20)21)17(24)22-14-5-3-2-4-13(14)11-6-8-12(19)9-7-11/h2-10,16,23H,1H3,(H,22,24). The van der Waals surface area contributed by atoms with Crippen LogP contribution in [-0.2, 0) is 4.79 Å². The van der Waals surface area contributed by atoms with Crippen LogP contribution in [0.1, 0.15) is 6.92 Å². The Bertz CT molecular complexity index is 826. The minimum Gasteiger partial charge on any atom is -0.361 e. The highest BCUT2D eigenvalue weighted by Crippen LogP contribution is 2.36. The Morgan fingerprint density at radius 2 is 1.88 bits per heavy atom. The van der Waals surface area contributed by atoms with Gasteiger partial charge in [-0.3, -0.25) is 4.79 Å². The molecule has 0 radical (unpaired) electrons. The lowest BCUT2D eigenvalue weighted by molar-refractivity contribution is -0.118. The van der Waals surface area contributed by atoms with Crippen molar-refractivity contribution in [3.63, 3.8) is 0 Å². The monoisotopic (exact) mass is 424 g/mol. The summed E-state index contributed by atoms with van der Waals surface area (Å²) in [6.45, 7) is 1.58. The van der Waals surface area contributed by atoms with Crippen molar-refractivity contribution in [2.24, 2.45) is 0 Å². The van der Waals surface area contributed by atoms with E-state index in [9.17, 15) is 13.6 Å². The van der Waals surface area contributed by atoms with Gasteiger partial charge in [0, 0.05) is 15.7 Å². The highest BCUT2D eigenvalue weighted by Gasteiger charge is 2.40. The summed E-state index contributed by atoms with van der Waals surface area (Å²) < 4.78 is 26.6. The molecule has 0 bridgehead atoms. The van der Waals surface area contributed by atoms with E-state index in [2.05, 4.69) is 26.6 Å². The first-order valence-electron chi connectivity index (χ1n) is 7.50. The van der Waals surface area contributed by atoms with Crippen molar-refractivity contribution in [1.29, 1.82) is 0 Å². The van der Waals surface area contributed by atoms with Gasteiger partial charge in [-0.1, -0.05) is 58.0 Å². The number of benzene rings is 2. The number of carbonyl (C=O) groups excluding carboxylic acids is 1. The lowest BCUT2D eigenvalue weighted by Crippen LogP contribution is -2.47. The van der Waals surface area contributed by atoms with Crippen molar-refractivity contribution in [2.45, 2.75) is 18.2 Å². The Hall–Kier alpha value is -1.86. The van der Waals surface area contributed by atoms with E-state index in [4.69, 9.17) is 0 Å². The van der Waals surface area contributed by atoms with Crippen LogP contribution in [0.2, 0.25) is 0 Å². The second kappa shape index (κ2) is 7.17. The smallest absolute Gasteiger partial charge is 0.278 e. The van der Waals surface area contributed by atoms with Gasteiger partial charge in [0.2, 0.25) is 0 Å². The highest BCUT2D eigenvalue weighted by atomic mass is 79.9. The molecule has 130 valence electrons. The molecule has 2 aromatic rings. The summed E-state index contributed by atoms with van der Waals surface area (Å²) in [5.74, 6) is -0.381. The van der Waals surface area contributed by atoms with Crippen molar-refractivity contribution < 1.29 is 13.6 Å². The largest absolute Gasteiger partial charge is 0.361 e. The van der Waals surface area contributed by atoms with Crippen molar-refractivity contribution >= 4 is 39.3 Å². The number of para-hydroxylation sites is 1. The summed E-state index contributed by atoms with van der Waals surface area (Å²) in [6.07, 6.45) is -2.63. The Kier molecular flexibility index (Phi) is 5.15. The fraction of sp³-hybridized carbons (Fsp3) is 0.167. The summed E-state index contributed by atoms with van der Waals surface area (Å²) in [5.41, 5.74) is 2.20. The number of hydrogen-bond donors (Lipinski definition) is 2. The molecule has 1 aliphatic heterocycles. The molecule has 1 amide bonds. The average molecular weight is 425 g/mol. The molecule has 1 heterocycles. The maximum Gasteiger partial charge on any atom is 0.278 e. The third-order valence-corrected chi connectivity index (χ3v) is 5.46. The summed E-state index contributed by atoms with van der Waals surface area (Å²) in [6, 6.07) is 15.1. The molecule has 0 aromatic heterocycles. The molecular formula is C18H15BrF2N2OS. The first-order valence-corrected chi connectivity index (χ1v) is 9.17. The van der Waals surface area contributed by atoms with Gasteiger partial charge >= 0.3 is 0 Å². The highest BCUT2D eigenvalue weighted by molar-refractivity contribution is 9.10. The van der Waals surface area contributed by atoms with Crippen LogP contribution >= 0.6 is 27.7 Å². The number of allylic oxidation sites excluding steroid dienone is 1. The number of hydrogen-bond acceptors (Lipinski definition) is 3. The van der Waals surface area contributed by atoms with Gasteiger partial charge in [-0.2, -0.15) is 0 Å². The first-order chi connectivity index (χ1) is 11.9. The molecule has 25 heavy (non-hydrogen) atoms. The zero-order valence-corrected chi connectivity index (χ0v) is 15.6. The minimum absolute atomic E-state index is 0.233. The maximum absolute atomic E-state index is 12.8. The Balaban J connectivity index is 1.82. The van der Waals surface area contributed by atoms with Gasteiger partial charge in [0.05, 0.1) is 5.70 Å². The van der Waals surface area contributed by atoms with Crippen LogP contribution in [0.3, 0.4) is 0 Å². The van der Waals surface area contributed by atoms with E-state index in [0.29, 0.717) is 5.69 Å². The molecule has 1 aliphatic rings. The van der Waals surface area contributed by atoms with E-state index in [-0.39, 0.29) is 11.6 Å².